The Labute approximate surface area is 192 Å². The van der Waals surface area contributed by atoms with E-state index in [1.165, 1.54) is 31.7 Å². The number of piperazine rings is 1. The van der Waals surface area contributed by atoms with E-state index in [1.54, 1.807) is 0 Å². The molecule has 0 spiro atoms. The van der Waals surface area contributed by atoms with Crippen molar-refractivity contribution in [3.63, 3.8) is 0 Å². The molecule has 0 saturated carbocycles. The van der Waals surface area contributed by atoms with Gasteiger partial charge in [-0.2, -0.15) is 0 Å². The average Bonchev–Trinajstić information content (AvgIpc) is 2.79. The van der Waals surface area contributed by atoms with Gasteiger partial charge in [0.1, 0.15) is 17.5 Å². The standard InChI is InChI=1S/C24H32F2N4O3/c1-7-8-9-29-21(24(32)33-6)17-12-27(4)13(2)11-30(17)20-15-10-16(25)14(3)18(26)19(15)28(5)23(31)22(20)29/h10,13,17,21H,7-9,11-12H2,1-6H3. The van der Waals surface area contributed by atoms with Crippen molar-refractivity contribution < 1.29 is 18.3 Å². The fourth-order valence-electron chi connectivity index (χ4n) is 5.24. The molecular formula is C24H32F2N4O3. The number of hydrogen-bond donors (Lipinski definition) is 0. The highest BCUT2D eigenvalue weighted by molar-refractivity contribution is 6.02. The number of benzene rings is 1. The second-order valence-corrected chi connectivity index (χ2v) is 9.28. The van der Waals surface area contributed by atoms with E-state index in [9.17, 15) is 14.0 Å². The quantitative estimate of drug-likeness (QED) is 0.652. The minimum atomic E-state index is -0.735. The predicted octanol–water partition coefficient (Wildman–Crippen LogP) is 2.80. The molecule has 4 rings (SSSR count). The van der Waals surface area contributed by atoms with Crippen molar-refractivity contribution in [3.05, 3.63) is 33.6 Å². The van der Waals surface area contributed by atoms with E-state index in [-0.39, 0.29) is 23.2 Å². The molecule has 2 aliphatic rings. The van der Waals surface area contributed by atoms with Crippen LogP contribution in [0.2, 0.25) is 0 Å². The summed E-state index contributed by atoms with van der Waals surface area (Å²) in [6.07, 6.45) is 1.62. The van der Waals surface area contributed by atoms with Crippen LogP contribution >= 0.6 is 0 Å². The molecule has 0 N–H and O–H groups in total. The Bertz CT molecular complexity index is 1170. The fourth-order valence-corrected chi connectivity index (χ4v) is 5.24. The van der Waals surface area contributed by atoms with Crippen molar-refractivity contribution in [2.45, 2.75) is 51.7 Å². The van der Waals surface area contributed by atoms with Crippen LogP contribution in [0.3, 0.4) is 0 Å². The van der Waals surface area contributed by atoms with Crippen molar-refractivity contribution in [2.75, 3.05) is 43.6 Å². The highest BCUT2D eigenvalue weighted by atomic mass is 19.1. The zero-order chi connectivity index (χ0) is 24.2. The number of rotatable bonds is 4. The number of hydrogen-bond acceptors (Lipinski definition) is 6. The molecule has 3 unspecified atom stereocenters. The van der Waals surface area contributed by atoms with E-state index in [0.717, 1.165) is 12.8 Å². The smallest absolute Gasteiger partial charge is 0.330 e. The van der Waals surface area contributed by atoms with Gasteiger partial charge in [-0.3, -0.25) is 9.69 Å². The molecule has 0 bridgehead atoms. The summed E-state index contributed by atoms with van der Waals surface area (Å²) < 4.78 is 36.5. The van der Waals surface area contributed by atoms with E-state index in [4.69, 9.17) is 4.74 Å². The highest BCUT2D eigenvalue weighted by Crippen LogP contribution is 2.44. The number of halogens is 2. The molecule has 9 heteroatoms. The SMILES string of the molecule is CCCCN1c2c(c3cc(F)c(C)c(F)c3n(C)c2=O)N2CC(C)N(C)CC2C1C(=O)OC. The molecule has 7 nitrogen and oxygen atoms in total. The first-order chi connectivity index (χ1) is 15.6. The van der Waals surface area contributed by atoms with Gasteiger partial charge in [0.2, 0.25) is 0 Å². The summed E-state index contributed by atoms with van der Waals surface area (Å²) in [5, 5.41) is 0.347. The second kappa shape index (κ2) is 8.59. The topological polar surface area (TPSA) is 58.0 Å². The lowest BCUT2D eigenvalue weighted by Gasteiger charge is -2.54. The first kappa shape index (κ1) is 23.5. The number of methoxy groups -OCH3 is 1. The van der Waals surface area contributed by atoms with Gasteiger partial charge in [0.15, 0.2) is 5.82 Å². The minimum absolute atomic E-state index is 0.0786. The summed E-state index contributed by atoms with van der Waals surface area (Å²) in [5.74, 6) is -1.81. The van der Waals surface area contributed by atoms with Crippen molar-refractivity contribution in [1.29, 1.82) is 0 Å². The molecule has 3 atom stereocenters. The molecular weight excluding hydrogens is 430 g/mol. The molecule has 1 aromatic heterocycles. The molecule has 180 valence electrons. The monoisotopic (exact) mass is 462 g/mol. The van der Waals surface area contributed by atoms with Crippen LogP contribution in [0.4, 0.5) is 20.2 Å². The zero-order valence-electron chi connectivity index (χ0n) is 20.1. The summed E-state index contributed by atoms with van der Waals surface area (Å²) in [7, 11) is 4.84. The van der Waals surface area contributed by atoms with E-state index < -0.39 is 29.2 Å². The number of carbonyl (C=O) groups is 1. The number of anilines is 2. The fraction of sp³-hybridized carbons (Fsp3) is 0.583. The van der Waals surface area contributed by atoms with E-state index >= 15 is 4.39 Å². The molecule has 1 saturated heterocycles. The lowest BCUT2D eigenvalue weighted by atomic mass is 9.92. The van der Waals surface area contributed by atoms with Crippen molar-refractivity contribution >= 4 is 28.2 Å². The van der Waals surface area contributed by atoms with E-state index in [0.29, 0.717) is 36.4 Å². The summed E-state index contributed by atoms with van der Waals surface area (Å²) in [6.45, 7) is 6.99. The van der Waals surface area contributed by atoms with Gasteiger partial charge < -0.3 is 19.1 Å². The first-order valence-electron chi connectivity index (χ1n) is 11.5. The molecule has 2 aromatic rings. The average molecular weight is 463 g/mol. The van der Waals surface area contributed by atoms with Gasteiger partial charge in [-0.05, 0) is 33.4 Å². The molecule has 0 aliphatic carbocycles. The van der Waals surface area contributed by atoms with E-state index in [1.807, 2.05) is 23.8 Å². The molecule has 1 fully saturated rings. The Kier molecular flexibility index (Phi) is 6.11. The second-order valence-electron chi connectivity index (χ2n) is 9.28. The molecule has 0 radical (unpaired) electrons. The Morgan fingerprint density at radius 3 is 2.55 bits per heavy atom. The number of esters is 1. The lowest BCUT2D eigenvalue weighted by Crippen LogP contribution is -2.69. The summed E-state index contributed by atoms with van der Waals surface area (Å²) in [4.78, 5) is 32.7. The number of nitrogens with zero attached hydrogens (tertiary/aromatic N) is 4. The van der Waals surface area contributed by atoms with Crippen LogP contribution in [0.25, 0.3) is 10.9 Å². The van der Waals surface area contributed by atoms with Crippen LogP contribution < -0.4 is 15.4 Å². The molecule has 0 amide bonds. The lowest BCUT2D eigenvalue weighted by molar-refractivity contribution is -0.143. The summed E-state index contributed by atoms with van der Waals surface area (Å²) in [5.41, 5.74) is 0.371. The van der Waals surface area contributed by atoms with Crippen LogP contribution in [0, 0.1) is 18.6 Å². The Morgan fingerprint density at radius 2 is 1.91 bits per heavy atom. The normalized spacial score (nSPS) is 23.0. The van der Waals surface area contributed by atoms with Gasteiger partial charge in [-0.25, -0.2) is 13.6 Å². The predicted molar refractivity (Wildman–Crippen MR) is 125 cm³/mol. The van der Waals surface area contributed by atoms with Gasteiger partial charge in [-0.1, -0.05) is 13.3 Å². The largest absolute Gasteiger partial charge is 0.467 e. The van der Waals surface area contributed by atoms with Gasteiger partial charge in [0, 0.05) is 43.7 Å². The molecule has 1 aromatic carbocycles. The zero-order valence-corrected chi connectivity index (χ0v) is 20.1. The van der Waals surface area contributed by atoms with Gasteiger partial charge >= 0.3 is 5.97 Å². The molecule has 2 aliphatic heterocycles. The van der Waals surface area contributed by atoms with Crippen LogP contribution in [0.15, 0.2) is 10.9 Å². The van der Waals surface area contributed by atoms with Crippen LogP contribution in [0.1, 0.15) is 32.3 Å². The van der Waals surface area contributed by atoms with Gasteiger partial charge in [-0.15, -0.1) is 0 Å². The number of pyridine rings is 1. The Morgan fingerprint density at radius 1 is 1.21 bits per heavy atom. The number of aromatic nitrogens is 1. The number of unbranched alkanes of at least 4 members (excludes halogenated alkanes) is 1. The number of aryl methyl sites for hydroxylation is 1. The summed E-state index contributed by atoms with van der Waals surface area (Å²) >= 11 is 0. The maximum atomic E-state index is 15.3. The van der Waals surface area contributed by atoms with Crippen LogP contribution in [-0.4, -0.2) is 67.4 Å². The van der Waals surface area contributed by atoms with Crippen molar-refractivity contribution in [2.24, 2.45) is 7.05 Å². The van der Waals surface area contributed by atoms with E-state index in [2.05, 4.69) is 11.8 Å². The van der Waals surface area contributed by atoms with Gasteiger partial charge in [0.25, 0.3) is 5.56 Å². The number of fused-ring (bicyclic) bond motifs is 5. The summed E-state index contributed by atoms with van der Waals surface area (Å²) in [6, 6.07) is 0.414. The number of ether oxygens (including phenoxy) is 1. The van der Waals surface area contributed by atoms with Crippen molar-refractivity contribution in [1.82, 2.24) is 9.47 Å². The van der Waals surface area contributed by atoms with Gasteiger partial charge in [0.05, 0.1) is 24.4 Å². The first-order valence-corrected chi connectivity index (χ1v) is 11.5. The third-order valence-electron chi connectivity index (χ3n) is 7.30. The third-order valence-corrected chi connectivity index (χ3v) is 7.30. The maximum Gasteiger partial charge on any atom is 0.330 e. The molecule has 33 heavy (non-hydrogen) atoms. The van der Waals surface area contributed by atoms with Crippen LogP contribution in [0.5, 0.6) is 0 Å². The number of carbonyl (C=O) groups excluding carboxylic acids is 1. The minimum Gasteiger partial charge on any atom is -0.467 e. The molecule has 3 heterocycles. The maximum absolute atomic E-state index is 15.3. The van der Waals surface area contributed by atoms with Crippen LogP contribution in [-0.2, 0) is 16.6 Å². The number of likely N-dealkylation sites (N-methyl/N-ethyl adjacent to an activating group) is 1. The highest BCUT2D eigenvalue weighted by Gasteiger charge is 2.49. The Hall–Kier alpha value is -2.68. The van der Waals surface area contributed by atoms with Crippen molar-refractivity contribution in [3.8, 4) is 0 Å². The Balaban J connectivity index is 2.12. The third kappa shape index (κ3) is 3.48.